The number of hydrogen-bond donors (Lipinski definition) is 1. The van der Waals surface area contributed by atoms with Crippen molar-refractivity contribution < 1.29 is 14.6 Å². The predicted molar refractivity (Wildman–Crippen MR) is 80.3 cm³/mol. The molecule has 3 aliphatic rings. The van der Waals surface area contributed by atoms with Crippen molar-refractivity contribution in [3.05, 3.63) is 29.3 Å². The van der Waals surface area contributed by atoms with Crippen LogP contribution in [0.3, 0.4) is 0 Å². The van der Waals surface area contributed by atoms with E-state index in [0.29, 0.717) is 17.8 Å². The topological polar surface area (TPSA) is 38.7 Å². The monoisotopic (exact) mass is 288 g/mol. The summed E-state index contributed by atoms with van der Waals surface area (Å²) in [6, 6.07) is 6.56. The van der Waals surface area contributed by atoms with Gasteiger partial charge in [-0.15, -0.1) is 0 Å². The lowest BCUT2D eigenvalue weighted by molar-refractivity contribution is -0.124. The molecular formula is C18H24O3. The number of benzene rings is 1. The minimum absolute atomic E-state index is 0.0366. The smallest absolute Gasteiger partial charge is 0.160 e. The number of fused-ring (bicyclic) bond motifs is 5. The van der Waals surface area contributed by atoms with Crippen molar-refractivity contribution in [1.29, 1.82) is 0 Å². The third kappa shape index (κ3) is 1.87. The van der Waals surface area contributed by atoms with Crippen molar-refractivity contribution in [2.24, 2.45) is 17.3 Å². The first-order chi connectivity index (χ1) is 10.1. The molecule has 2 aliphatic carbocycles. The van der Waals surface area contributed by atoms with E-state index in [-0.39, 0.29) is 5.41 Å². The van der Waals surface area contributed by atoms with Crippen LogP contribution in [-0.4, -0.2) is 25.1 Å². The molecule has 3 heteroatoms. The van der Waals surface area contributed by atoms with E-state index in [2.05, 4.69) is 25.1 Å². The Hall–Kier alpha value is -1.06. The lowest BCUT2D eigenvalue weighted by Crippen LogP contribution is -2.44. The average Bonchev–Trinajstić information content (AvgIpc) is 2.82. The largest absolute Gasteiger partial charge is 0.497 e. The van der Waals surface area contributed by atoms with Crippen LogP contribution < -0.4 is 4.74 Å². The third-order valence-corrected chi connectivity index (χ3v) is 6.37. The summed E-state index contributed by atoms with van der Waals surface area (Å²) in [6.45, 7) is 2.94. The quantitative estimate of drug-likeness (QED) is 0.863. The maximum atomic E-state index is 10.2. The van der Waals surface area contributed by atoms with E-state index in [0.717, 1.165) is 31.6 Å². The lowest BCUT2D eigenvalue weighted by atomic mass is 9.55. The fourth-order valence-electron chi connectivity index (χ4n) is 5.04. The maximum Gasteiger partial charge on any atom is 0.160 e. The highest BCUT2D eigenvalue weighted by molar-refractivity contribution is 5.40. The zero-order chi connectivity index (χ0) is 14.6. The van der Waals surface area contributed by atoms with Gasteiger partial charge in [-0.25, -0.2) is 0 Å². The number of rotatable bonds is 1. The summed E-state index contributed by atoms with van der Waals surface area (Å²) in [5.41, 5.74) is 2.93. The van der Waals surface area contributed by atoms with Crippen LogP contribution in [-0.2, 0) is 11.2 Å². The highest BCUT2D eigenvalue weighted by atomic mass is 16.6. The molecule has 114 valence electrons. The molecule has 3 nitrogen and oxygen atoms in total. The van der Waals surface area contributed by atoms with Crippen molar-refractivity contribution >= 4 is 0 Å². The van der Waals surface area contributed by atoms with Gasteiger partial charge in [0.25, 0.3) is 0 Å². The van der Waals surface area contributed by atoms with Crippen LogP contribution >= 0.6 is 0 Å². The summed E-state index contributed by atoms with van der Waals surface area (Å²) in [5, 5.41) is 10.2. The van der Waals surface area contributed by atoms with Gasteiger partial charge < -0.3 is 14.6 Å². The molecular weight excluding hydrogens is 264 g/mol. The van der Waals surface area contributed by atoms with Crippen LogP contribution in [0.4, 0.5) is 0 Å². The molecule has 21 heavy (non-hydrogen) atoms. The third-order valence-electron chi connectivity index (χ3n) is 6.37. The van der Waals surface area contributed by atoms with E-state index in [1.54, 1.807) is 7.11 Å². The Labute approximate surface area is 126 Å². The van der Waals surface area contributed by atoms with Gasteiger partial charge in [0.2, 0.25) is 0 Å². The van der Waals surface area contributed by atoms with Gasteiger partial charge in [-0.2, -0.15) is 0 Å². The molecule has 0 aromatic heterocycles. The summed E-state index contributed by atoms with van der Waals surface area (Å²) < 4.78 is 11.0. The molecule has 1 aromatic rings. The molecule has 0 bridgehead atoms. The zero-order valence-corrected chi connectivity index (χ0v) is 12.8. The molecule has 1 saturated heterocycles. The number of hydrogen-bond acceptors (Lipinski definition) is 3. The van der Waals surface area contributed by atoms with Crippen LogP contribution in [0, 0.1) is 17.3 Å². The normalized spacial score (nSPS) is 41.1. The minimum Gasteiger partial charge on any atom is -0.497 e. The molecule has 0 amide bonds. The summed E-state index contributed by atoms with van der Waals surface area (Å²) in [4.78, 5) is 0. The van der Waals surface area contributed by atoms with E-state index >= 15 is 0 Å². The molecule has 1 heterocycles. The Bertz CT molecular complexity index is 555. The Morgan fingerprint density at radius 2 is 2.19 bits per heavy atom. The Morgan fingerprint density at radius 3 is 3.00 bits per heavy atom. The second kappa shape index (κ2) is 4.72. The zero-order valence-electron chi connectivity index (χ0n) is 12.8. The van der Waals surface area contributed by atoms with Gasteiger partial charge in [0.05, 0.1) is 13.7 Å². The Morgan fingerprint density at radius 1 is 1.33 bits per heavy atom. The van der Waals surface area contributed by atoms with E-state index in [1.807, 2.05) is 0 Å². The maximum absolute atomic E-state index is 10.2. The standard InChI is InChI=1S/C18H24O3/c1-18-8-7-14-13-6-4-12(20-2)9-11(13)3-5-15(14)16(18)10-21-17(18)19/h4,6,9,14-17,19H,3,5,7-8,10H2,1-2H3/t14?,15?,16?,17-,18?/m1/s1. The van der Waals surface area contributed by atoms with Crippen molar-refractivity contribution in [3.63, 3.8) is 0 Å². The van der Waals surface area contributed by atoms with Crippen molar-refractivity contribution in [2.45, 2.75) is 44.8 Å². The van der Waals surface area contributed by atoms with Crippen molar-refractivity contribution in [2.75, 3.05) is 13.7 Å². The minimum atomic E-state index is -0.569. The Balaban J connectivity index is 1.68. The molecule has 1 aliphatic heterocycles. The number of aryl methyl sites for hydroxylation is 1. The van der Waals surface area contributed by atoms with Gasteiger partial charge in [0, 0.05) is 5.41 Å². The highest BCUT2D eigenvalue weighted by Gasteiger charge is 2.55. The van der Waals surface area contributed by atoms with Crippen LogP contribution in [0.1, 0.15) is 43.2 Å². The SMILES string of the molecule is COc1ccc2c(c1)CCC1C2CCC2(C)C1CO[C@H]2O. The number of ether oxygens (including phenoxy) is 2. The van der Waals surface area contributed by atoms with Gasteiger partial charge in [-0.05, 0) is 66.7 Å². The molecule has 4 rings (SSSR count). The molecule has 5 atom stereocenters. The first-order valence-corrected chi connectivity index (χ1v) is 8.10. The van der Waals surface area contributed by atoms with Gasteiger partial charge in [-0.3, -0.25) is 0 Å². The molecule has 1 saturated carbocycles. The van der Waals surface area contributed by atoms with Gasteiger partial charge in [0.15, 0.2) is 6.29 Å². The second-order valence-corrected chi connectivity index (χ2v) is 7.21. The number of methoxy groups -OCH3 is 1. The fraction of sp³-hybridized carbons (Fsp3) is 0.667. The van der Waals surface area contributed by atoms with E-state index in [9.17, 15) is 5.11 Å². The van der Waals surface area contributed by atoms with Gasteiger partial charge >= 0.3 is 0 Å². The number of aliphatic hydroxyl groups excluding tert-OH is 1. The first-order valence-electron chi connectivity index (χ1n) is 8.10. The molecule has 0 spiro atoms. The Kier molecular flexibility index (Phi) is 3.05. The van der Waals surface area contributed by atoms with Crippen molar-refractivity contribution in [3.8, 4) is 5.75 Å². The van der Waals surface area contributed by atoms with Crippen LogP contribution in [0.25, 0.3) is 0 Å². The van der Waals surface area contributed by atoms with Gasteiger partial charge in [0.1, 0.15) is 5.75 Å². The van der Waals surface area contributed by atoms with Gasteiger partial charge in [-0.1, -0.05) is 13.0 Å². The van der Waals surface area contributed by atoms with E-state index < -0.39 is 6.29 Å². The van der Waals surface area contributed by atoms with Crippen LogP contribution in [0.15, 0.2) is 18.2 Å². The summed E-state index contributed by atoms with van der Waals surface area (Å²) in [5.74, 6) is 2.75. The summed E-state index contributed by atoms with van der Waals surface area (Å²) >= 11 is 0. The highest BCUT2D eigenvalue weighted by Crippen LogP contribution is 2.58. The summed E-state index contributed by atoms with van der Waals surface area (Å²) in [7, 11) is 1.73. The molecule has 0 radical (unpaired) electrons. The van der Waals surface area contributed by atoms with Crippen LogP contribution in [0.5, 0.6) is 5.75 Å². The fourth-order valence-corrected chi connectivity index (χ4v) is 5.04. The summed E-state index contributed by atoms with van der Waals surface area (Å²) in [6.07, 6.45) is 3.99. The first kappa shape index (κ1) is 13.6. The molecule has 1 aromatic carbocycles. The molecule has 4 unspecified atom stereocenters. The predicted octanol–water partition coefficient (Wildman–Crippen LogP) is 3.11. The average molecular weight is 288 g/mol. The molecule has 2 fully saturated rings. The number of aliphatic hydroxyl groups is 1. The molecule has 1 N–H and O–H groups in total. The van der Waals surface area contributed by atoms with Crippen LogP contribution in [0.2, 0.25) is 0 Å². The van der Waals surface area contributed by atoms with E-state index in [1.165, 1.54) is 17.5 Å². The second-order valence-electron chi connectivity index (χ2n) is 7.21. The van der Waals surface area contributed by atoms with Crippen molar-refractivity contribution in [1.82, 2.24) is 0 Å². The van der Waals surface area contributed by atoms with E-state index in [4.69, 9.17) is 9.47 Å². The lowest BCUT2D eigenvalue weighted by Gasteiger charge is -2.48.